The molecule has 0 spiro atoms. The van der Waals surface area contributed by atoms with E-state index >= 15 is 0 Å². The average molecular weight is 543 g/mol. The van der Waals surface area contributed by atoms with E-state index < -0.39 is 0 Å². The zero-order valence-electron chi connectivity index (χ0n) is 18.7. The summed E-state index contributed by atoms with van der Waals surface area (Å²) in [5.74, 6) is 1.47. The maximum atomic E-state index is 11.8. The van der Waals surface area contributed by atoms with Crippen LogP contribution in [0.15, 0.2) is 29.3 Å². The lowest BCUT2D eigenvalue weighted by molar-refractivity contribution is -0.123. The van der Waals surface area contributed by atoms with Crippen molar-refractivity contribution in [3.8, 4) is 5.75 Å². The number of amides is 1. The molecular formula is C23H38IN5O2. The molecule has 0 bridgehead atoms. The third kappa shape index (κ3) is 10.5. The van der Waals surface area contributed by atoms with E-state index in [0.717, 1.165) is 43.9 Å². The van der Waals surface area contributed by atoms with Crippen molar-refractivity contribution in [2.45, 2.75) is 57.5 Å². The maximum absolute atomic E-state index is 11.8. The molecule has 0 unspecified atom stereocenters. The first-order valence-corrected chi connectivity index (χ1v) is 11.4. The fraction of sp³-hybridized carbons (Fsp3) is 0.652. The van der Waals surface area contributed by atoms with Crippen molar-refractivity contribution in [2.75, 3.05) is 39.8 Å². The van der Waals surface area contributed by atoms with Crippen molar-refractivity contribution < 1.29 is 9.53 Å². The van der Waals surface area contributed by atoms with E-state index in [2.05, 4.69) is 25.8 Å². The highest BCUT2D eigenvalue weighted by Gasteiger charge is 2.23. The van der Waals surface area contributed by atoms with Gasteiger partial charge in [-0.1, -0.05) is 25.0 Å². The molecule has 0 aromatic heterocycles. The van der Waals surface area contributed by atoms with Crippen LogP contribution >= 0.6 is 24.0 Å². The van der Waals surface area contributed by atoms with E-state index in [-0.39, 0.29) is 36.5 Å². The van der Waals surface area contributed by atoms with E-state index in [0.29, 0.717) is 18.3 Å². The van der Waals surface area contributed by atoms with Gasteiger partial charge in [-0.3, -0.25) is 9.79 Å². The van der Waals surface area contributed by atoms with Gasteiger partial charge in [0, 0.05) is 26.2 Å². The van der Waals surface area contributed by atoms with E-state index in [1.165, 1.54) is 38.8 Å². The summed E-state index contributed by atoms with van der Waals surface area (Å²) in [7, 11) is 1.79. The molecule has 3 N–H and O–H groups in total. The number of likely N-dealkylation sites (tertiary alicyclic amines) is 1. The normalized spacial score (nSPS) is 17.3. The highest BCUT2D eigenvalue weighted by Crippen LogP contribution is 2.18. The lowest BCUT2D eigenvalue weighted by Gasteiger charge is -2.20. The number of aliphatic imine (C=N–C) groups is 1. The van der Waals surface area contributed by atoms with Crippen molar-refractivity contribution >= 4 is 35.8 Å². The van der Waals surface area contributed by atoms with Crippen LogP contribution in [0.3, 0.4) is 0 Å². The maximum Gasteiger partial charge on any atom is 0.258 e. The van der Waals surface area contributed by atoms with Crippen LogP contribution in [0.2, 0.25) is 0 Å². The second-order valence-corrected chi connectivity index (χ2v) is 8.24. The first-order valence-electron chi connectivity index (χ1n) is 11.4. The van der Waals surface area contributed by atoms with Gasteiger partial charge in [0.05, 0.1) is 0 Å². The van der Waals surface area contributed by atoms with Crippen LogP contribution in [0.1, 0.15) is 50.5 Å². The van der Waals surface area contributed by atoms with Crippen LogP contribution in [-0.4, -0.2) is 62.6 Å². The Morgan fingerprint density at radius 1 is 1.16 bits per heavy atom. The summed E-state index contributed by atoms with van der Waals surface area (Å²) in [6, 6.07) is 8.19. The Morgan fingerprint density at radius 2 is 1.94 bits per heavy atom. The molecular weight excluding hydrogens is 505 g/mol. The summed E-state index contributed by atoms with van der Waals surface area (Å²) in [6.07, 6.45) is 8.72. The van der Waals surface area contributed by atoms with Gasteiger partial charge < -0.3 is 25.6 Å². The minimum absolute atomic E-state index is 0. The van der Waals surface area contributed by atoms with E-state index in [1.54, 1.807) is 7.05 Å². The molecule has 0 atom stereocenters. The van der Waals surface area contributed by atoms with Crippen LogP contribution in [0.4, 0.5) is 0 Å². The van der Waals surface area contributed by atoms with Crippen LogP contribution in [0.25, 0.3) is 0 Å². The Morgan fingerprint density at radius 3 is 2.65 bits per heavy atom. The van der Waals surface area contributed by atoms with E-state index in [1.807, 2.05) is 24.3 Å². The summed E-state index contributed by atoms with van der Waals surface area (Å²) < 4.78 is 5.63. The molecule has 1 aromatic rings. The largest absolute Gasteiger partial charge is 0.484 e. The van der Waals surface area contributed by atoms with Gasteiger partial charge in [-0.05, 0) is 69.4 Å². The Balaban J connectivity index is 0.00000341. The number of ether oxygens (including phenoxy) is 1. The standard InChI is InChI=1S/C23H37N5O2.HI/c1-24-23(25-12-7-15-28-13-4-2-3-5-14-28)26-17-19-8-6-9-21(16-19)30-18-22(29)27-20-10-11-20;/h6,8-9,16,20H,2-5,7,10-15,17-18H2,1H3,(H,27,29)(H2,24,25,26);1H. The molecule has 8 heteroatoms. The molecule has 1 saturated heterocycles. The number of carbonyl (C=O) groups is 1. The predicted octanol–water partition coefficient (Wildman–Crippen LogP) is 2.89. The number of benzene rings is 1. The number of guanidine groups is 1. The number of nitrogens with one attached hydrogen (secondary N) is 3. The van der Waals surface area contributed by atoms with Crippen molar-refractivity contribution in [3.63, 3.8) is 0 Å². The van der Waals surface area contributed by atoms with Gasteiger partial charge in [0.2, 0.25) is 0 Å². The highest BCUT2D eigenvalue weighted by atomic mass is 127. The predicted molar refractivity (Wildman–Crippen MR) is 136 cm³/mol. The van der Waals surface area contributed by atoms with Gasteiger partial charge in [0.25, 0.3) is 5.91 Å². The number of hydrogen-bond acceptors (Lipinski definition) is 4. The number of nitrogens with zero attached hydrogens (tertiary/aromatic N) is 2. The molecule has 1 amide bonds. The number of halogens is 1. The lowest BCUT2D eigenvalue weighted by atomic mass is 10.2. The van der Waals surface area contributed by atoms with Gasteiger partial charge in [-0.15, -0.1) is 24.0 Å². The van der Waals surface area contributed by atoms with Crippen molar-refractivity contribution in [2.24, 2.45) is 4.99 Å². The fourth-order valence-electron chi connectivity index (χ4n) is 3.67. The summed E-state index contributed by atoms with van der Waals surface area (Å²) in [6.45, 7) is 5.26. The molecule has 3 rings (SSSR count). The Labute approximate surface area is 203 Å². The SMILES string of the molecule is CN=C(NCCCN1CCCCCC1)NCc1cccc(OCC(=O)NC2CC2)c1.I. The second-order valence-electron chi connectivity index (χ2n) is 8.24. The molecule has 2 fully saturated rings. The van der Waals surface area contributed by atoms with Crippen LogP contribution in [0, 0.1) is 0 Å². The van der Waals surface area contributed by atoms with Gasteiger partial charge in [-0.25, -0.2) is 0 Å². The van der Waals surface area contributed by atoms with Gasteiger partial charge in [-0.2, -0.15) is 0 Å². The van der Waals surface area contributed by atoms with Crippen LogP contribution < -0.4 is 20.7 Å². The molecule has 1 aromatic carbocycles. The van der Waals surface area contributed by atoms with Crippen molar-refractivity contribution in [3.05, 3.63) is 29.8 Å². The quantitative estimate of drug-likeness (QED) is 0.183. The minimum atomic E-state index is -0.0502. The summed E-state index contributed by atoms with van der Waals surface area (Å²) in [5, 5.41) is 9.68. The molecule has 7 nitrogen and oxygen atoms in total. The van der Waals surface area contributed by atoms with Crippen molar-refractivity contribution in [1.82, 2.24) is 20.9 Å². The van der Waals surface area contributed by atoms with Crippen molar-refractivity contribution in [1.29, 1.82) is 0 Å². The number of rotatable bonds is 10. The molecule has 1 aliphatic heterocycles. The molecule has 174 valence electrons. The molecule has 1 heterocycles. The topological polar surface area (TPSA) is 78.0 Å². The molecule has 0 radical (unpaired) electrons. The van der Waals surface area contributed by atoms with Gasteiger partial charge in [0.1, 0.15) is 5.75 Å². The zero-order valence-corrected chi connectivity index (χ0v) is 21.0. The van der Waals surface area contributed by atoms with E-state index in [9.17, 15) is 4.79 Å². The first kappa shape index (κ1) is 25.7. The number of hydrogen-bond donors (Lipinski definition) is 3. The van der Waals surface area contributed by atoms with Gasteiger partial charge in [0.15, 0.2) is 12.6 Å². The Kier molecular flexibility index (Phi) is 12.0. The van der Waals surface area contributed by atoms with Crippen LogP contribution in [0.5, 0.6) is 5.75 Å². The molecule has 1 aliphatic carbocycles. The molecule has 1 saturated carbocycles. The Hall–Kier alpha value is -1.55. The van der Waals surface area contributed by atoms with E-state index in [4.69, 9.17) is 4.74 Å². The smallest absolute Gasteiger partial charge is 0.258 e. The van der Waals surface area contributed by atoms with Crippen LogP contribution in [-0.2, 0) is 11.3 Å². The fourth-order valence-corrected chi connectivity index (χ4v) is 3.67. The molecule has 31 heavy (non-hydrogen) atoms. The lowest BCUT2D eigenvalue weighted by Crippen LogP contribution is -2.38. The highest BCUT2D eigenvalue weighted by molar-refractivity contribution is 14.0. The second kappa shape index (κ2) is 14.5. The van der Waals surface area contributed by atoms with Gasteiger partial charge >= 0.3 is 0 Å². The summed E-state index contributed by atoms with van der Waals surface area (Å²) >= 11 is 0. The average Bonchev–Trinajstić information content (AvgIpc) is 3.60. The summed E-state index contributed by atoms with van der Waals surface area (Å²) in [5.41, 5.74) is 1.09. The third-order valence-electron chi connectivity index (χ3n) is 5.54. The number of carbonyl (C=O) groups excluding carboxylic acids is 1. The monoisotopic (exact) mass is 543 g/mol. The first-order chi connectivity index (χ1) is 14.7. The molecule has 2 aliphatic rings. The Bertz CT molecular complexity index is 688. The summed E-state index contributed by atoms with van der Waals surface area (Å²) in [4.78, 5) is 18.7. The minimum Gasteiger partial charge on any atom is -0.484 e. The zero-order chi connectivity index (χ0) is 21.0. The third-order valence-corrected chi connectivity index (χ3v) is 5.54.